The fourth-order valence-corrected chi connectivity index (χ4v) is 1.66. The average molecular weight is 244 g/mol. The third-order valence-electron chi connectivity index (χ3n) is 2.49. The molecule has 2 aromatic heterocycles. The molecule has 0 atom stereocenters. The molecule has 0 amide bonds. The van der Waals surface area contributed by atoms with Gasteiger partial charge >= 0.3 is 0 Å². The summed E-state index contributed by atoms with van der Waals surface area (Å²) in [6.45, 7) is 0.487. The van der Waals surface area contributed by atoms with Gasteiger partial charge < -0.3 is 10.1 Å². The number of methoxy groups -OCH3 is 1. The topological polar surface area (TPSA) is 59.9 Å². The summed E-state index contributed by atoms with van der Waals surface area (Å²) in [5.74, 6) is 1.58. The highest BCUT2D eigenvalue weighted by Crippen LogP contribution is 2.10. The minimum Gasteiger partial charge on any atom is -0.378 e. The molecule has 94 valence electrons. The molecule has 0 aromatic carbocycles. The van der Waals surface area contributed by atoms with Crippen molar-refractivity contribution in [1.29, 1.82) is 0 Å². The maximum Gasteiger partial charge on any atom is 0.135 e. The highest BCUT2D eigenvalue weighted by molar-refractivity contribution is 5.35. The van der Waals surface area contributed by atoms with Crippen molar-refractivity contribution in [2.24, 2.45) is 0 Å². The lowest BCUT2D eigenvalue weighted by atomic mass is 10.2. The van der Waals surface area contributed by atoms with Crippen LogP contribution in [0.25, 0.3) is 0 Å². The lowest BCUT2D eigenvalue weighted by Crippen LogP contribution is -2.05. The van der Waals surface area contributed by atoms with E-state index in [0.717, 1.165) is 22.9 Å². The maximum absolute atomic E-state index is 5.10. The normalized spacial score (nSPS) is 10.3. The molecule has 2 rings (SSSR count). The van der Waals surface area contributed by atoms with Crippen molar-refractivity contribution in [3.8, 4) is 0 Å². The zero-order chi connectivity index (χ0) is 12.8. The SMILES string of the molecule is CNc1cc(COC)nc(Cc2ccncc2)n1. The van der Waals surface area contributed by atoms with E-state index < -0.39 is 0 Å². The predicted octanol–water partition coefficient (Wildman–Crippen LogP) is 1.65. The smallest absolute Gasteiger partial charge is 0.135 e. The van der Waals surface area contributed by atoms with Crippen LogP contribution in [0.1, 0.15) is 17.1 Å². The first-order chi connectivity index (χ1) is 8.81. The number of nitrogens with zero attached hydrogens (tertiary/aromatic N) is 3. The summed E-state index contributed by atoms with van der Waals surface area (Å²) in [5, 5.41) is 3.03. The predicted molar refractivity (Wildman–Crippen MR) is 69.3 cm³/mol. The first-order valence-corrected chi connectivity index (χ1v) is 5.74. The van der Waals surface area contributed by atoms with Crippen LogP contribution >= 0.6 is 0 Å². The Hall–Kier alpha value is -2.01. The second-order valence-corrected chi connectivity index (χ2v) is 3.88. The number of hydrogen-bond acceptors (Lipinski definition) is 5. The Labute approximate surface area is 106 Å². The van der Waals surface area contributed by atoms with Crippen molar-refractivity contribution in [3.63, 3.8) is 0 Å². The Morgan fingerprint density at radius 3 is 2.67 bits per heavy atom. The zero-order valence-corrected chi connectivity index (χ0v) is 10.6. The van der Waals surface area contributed by atoms with Crippen molar-refractivity contribution in [2.45, 2.75) is 13.0 Å². The largest absolute Gasteiger partial charge is 0.378 e. The van der Waals surface area contributed by atoms with Gasteiger partial charge in [-0.15, -0.1) is 0 Å². The number of anilines is 1. The summed E-state index contributed by atoms with van der Waals surface area (Å²) in [7, 11) is 3.50. The minimum absolute atomic E-state index is 0.487. The molecule has 2 aromatic rings. The number of hydrogen-bond donors (Lipinski definition) is 1. The molecular formula is C13H16N4O. The van der Waals surface area contributed by atoms with Gasteiger partial charge in [-0.2, -0.15) is 0 Å². The van der Waals surface area contributed by atoms with Crippen LogP contribution in [0.2, 0.25) is 0 Å². The molecule has 0 aliphatic rings. The average Bonchev–Trinajstić information content (AvgIpc) is 2.40. The van der Waals surface area contributed by atoms with Crippen LogP contribution in [0, 0.1) is 0 Å². The second kappa shape index (κ2) is 6.07. The second-order valence-electron chi connectivity index (χ2n) is 3.88. The lowest BCUT2D eigenvalue weighted by Gasteiger charge is -2.07. The first kappa shape index (κ1) is 12.4. The monoisotopic (exact) mass is 244 g/mol. The molecule has 0 bridgehead atoms. The van der Waals surface area contributed by atoms with Crippen molar-refractivity contribution < 1.29 is 4.74 Å². The third kappa shape index (κ3) is 3.24. The molecule has 18 heavy (non-hydrogen) atoms. The van der Waals surface area contributed by atoms with E-state index in [9.17, 15) is 0 Å². The maximum atomic E-state index is 5.10. The van der Waals surface area contributed by atoms with Crippen LogP contribution in [0.5, 0.6) is 0 Å². The van der Waals surface area contributed by atoms with Gasteiger partial charge in [0.05, 0.1) is 12.3 Å². The van der Waals surface area contributed by atoms with Crippen molar-refractivity contribution in [2.75, 3.05) is 19.5 Å². The molecule has 0 radical (unpaired) electrons. The molecule has 0 unspecified atom stereocenters. The third-order valence-corrected chi connectivity index (χ3v) is 2.49. The molecule has 0 saturated carbocycles. The molecule has 0 fully saturated rings. The zero-order valence-electron chi connectivity index (χ0n) is 10.6. The number of nitrogens with one attached hydrogen (secondary N) is 1. The summed E-state index contributed by atoms with van der Waals surface area (Å²) < 4.78 is 5.10. The van der Waals surface area contributed by atoms with Crippen LogP contribution in [0.15, 0.2) is 30.6 Å². The van der Waals surface area contributed by atoms with E-state index in [1.807, 2.05) is 25.2 Å². The lowest BCUT2D eigenvalue weighted by molar-refractivity contribution is 0.181. The number of ether oxygens (including phenoxy) is 1. The molecule has 5 heteroatoms. The first-order valence-electron chi connectivity index (χ1n) is 5.74. The van der Waals surface area contributed by atoms with Gasteiger partial charge in [0.15, 0.2) is 0 Å². The van der Waals surface area contributed by atoms with Crippen molar-refractivity contribution in [3.05, 3.63) is 47.7 Å². The van der Waals surface area contributed by atoms with E-state index >= 15 is 0 Å². The van der Waals surface area contributed by atoms with Gasteiger partial charge in [0.25, 0.3) is 0 Å². The van der Waals surface area contributed by atoms with E-state index in [-0.39, 0.29) is 0 Å². The minimum atomic E-state index is 0.487. The molecule has 5 nitrogen and oxygen atoms in total. The molecular weight excluding hydrogens is 228 g/mol. The summed E-state index contributed by atoms with van der Waals surface area (Å²) >= 11 is 0. The van der Waals surface area contributed by atoms with Gasteiger partial charge in [0.2, 0.25) is 0 Å². The fraction of sp³-hybridized carbons (Fsp3) is 0.308. The van der Waals surface area contributed by atoms with Crippen LogP contribution in [-0.2, 0) is 17.8 Å². The summed E-state index contributed by atoms with van der Waals surface area (Å²) in [5.41, 5.74) is 2.02. The Bertz CT molecular complexity index is 502. The van der Waals surface area contributed by atoms with Gasteiger partial charge in [-0.1, -0.05) is 0 Å². The van der Waals surface area contributed by atoms with Crippen LogP contribution in [0.3, 0.4) is 0 Å². The molecule has 0 spiro atoms. The molecule has 0 saturated heterocycles. The summed E-state index contributed by atoms with van der Waals surface area (Å²) in [4.78, 5) is 12.9. The highest BCUT2D eigenvalue weighted by Gasteiger charge is 2.05. The quantitative estimate of drug-likeness (QED) is 0.866. The van der Waals surface area contributed by atoms with Crippen molar-refractivity contribution >= 4 is 5.82 Å². The number of aromatic nitrogens is 3. The van der Waals surface area contributed by atoms with E-state index in [1.165, 1.54) is 0 Å². The van der Waals surface area contributed by atoms with Crippen LogP contribution < -0.4 is 5.32 Å². The molecule has 1 N–H and O–H groups in total. The molecule has 0 aliphatic heterocycles. The van der Waals surface area contributed by atoms with Gasteiger partial charge in [-0.3, -0.25) is 4.98 Å². The van der Waals surface area contributed by atoms with Crippen LogP contribution in [0.4, 0.5) is 5.82 Å². The standard InChI is InChI=1S/C13H16N4O/c1-14-12-8-11(9-18-2)16-13(17-12)7-10-3-5-15-6-4-10/h3-6,8H,7,9H2,1-2H3,(H,14,16,17). The number of pyridine rings is 1. The molecule has 2 heterocycles. The van der Waals surface area contributed by atoms with E-state index in [0.29, 0.717) is 13.0 Å². The fourth-order valence-electron chi connectivity index (χ4n) is 1.66. The summed E-state index contributed by atoms with van der Waals surface area (Å²) in [6, 6.07) is 5.82. The van der Waals surface area contributed by atoms with Gasteiger partial charge in [-0.05, 0) is 17.7 Å². The Kier molecular flexibility index (Phi) is 4.20. The Balaban J connectivity index is 2.24. The summed E-state index contributed by atoms with van der Waals surface area (Å²) in [6.07, 6.45) is 4.23. The van der Waals surface area contributed by atoms with E-state index in [1.54, 1.807) is 19.5 Å². The van der Waals surface area contributed by atoms with Gasteiger partial charge in [0.1, 0.15) is 11.6 Å². The van der Waals surface area contributed by atoms with Crippen molar-refractivity contribution in [1.82, 2.24) is 15.0 Å². The number of rotatable bonds is 5. The van der Waals surface area contributed by atoms with E-state index in [4.69, 9.17) is 4.74 Å². The molecule has 0 aliphatic carbocycles. The van der Waals surface area contributed by atoms with Gasteiger partial charge in [0, 0.05) is 39.0 Å². The van der Waals surface area contributed by atoms with Crippen LogP contribution in [-0.4, -0.2) is 29.1 Å². The Morgan fingerprint density at radius 1 is 1.22 bits per heavy atom. The Morgan fingerprint density at radius 2 is 2.00 bits per heavy atom. The highest BCUT2D eigenvalue weighted by atomic mass is 16.5. The van der Waals surface area contributed by atoms with Gasteiger partial charge in [-0.25, -0.2) is 9.97 Å². The van der Waals surface area contributed by atoms with E-state index in [2.05, 4.69) is 20.3 Å².